The number of carbonyl (C=O) groups is 1. The van der Waals surface area contributed by atoms with Crippen LogP contribution in [0.5, 0.6) is 5.75 Å². The molecule has 1 atom stereocenters. The van der Waals surface area contributed by atoms with E-state index < -0.39 is 0 Å². The van der Waals surface area contributed by atoms with Crippen LogP contribution >= 0.6 is 23.1 Å². The summed E-state index contributed by atoms with van der Waals surface area (Å²) in [5.41, 5.74) is 2.03. The molecule has 0 spiro atoms. The minimum Gasteiger partial charge on any atom is -0.494 e. The van der Waals surface area contributed by atoms with Crippen molar-refractivity contribution in [3.63, 3.8) is 0 Å². The predicted octanol–water partition coefficient (Wildman–Crippen LogP) is 4.75. The number of thiazole rings is 1. The van der Waals surface area contributed by atoms with Crippen LogP contribution in [0, 0.1) is 0 Å². The number of amides is 1. The van der Waals surface area contributed by atoms with E-state index >= 15 is 0 Å². The first-order valence-corrected chi connectivity index (χ1v) is 11.7. The number of methoxy groups -OCH3 is 1. The number of hydrogen-bond donors (Lipinski definition) is 0. The molecule has 1 fully saturated rings. The van der Waals surface area contributed by atoms with E-state index in [-0.39, 0.29) is 12.0 Å². The Bertz CT molecular complexity index is 955. The first-order chi connectivity index (χ1) is 14.2. The van der Waals surface area contributed by atoms with Crippen molar-refractivity contribution in [1.29, 1.82) is 0 Å². The van der Waals surface area contributed by atoms with Gasteiger partial charge in [0.25, 0.3) is 0 Å². The van der Waals surface area contributed by atoms with E-state index in [4.69, 9.17) is 14.5 Å². The molecule has 3 aromatic rings. The van der Waals surface area contributed by atoms with Gasteiger partial charge in [-0.1, -0.05) is 47.7 Å². The fourth-order valence-electron chi connectivity index (χ4n) is 3.38. The molecule has 152 valence electrons. The number of aromatic nitrogens is 1. The lowest BCUT2D eigenvalue weighted by atomic mass is 10.2. The molecule has 1 aliphatic rings. The Kier molecular flexibility index (Phi) is 6.69. The number of ether oxygens (including phenoxy) is 2. The molecule has 29 heavy (non-hydrogen) atoms. The van der Waals surface area contributed by atoms with Crippen LogP contribution in [0.3, 0.4) is 0 Å². The second-order valence-electron chi connectivity index (χ2n) is 6.92. The fraction of sp³-hybridized carbons (Fsp3) is 0.364. The minimum absolute atomic E-state index is 0.0689. The third-order valence-corrected chi connectivity index (χ3v) is 6.90. The summed E-state index contributed by atoms with van der Waals surface area (Å²) in [6.45, 7) is 1.32. The molecule has 5 nitrogen and oxygen atoms in total. The van der Waals surface area contributed by atoms with Crippen molar-refractivity contribution in [3.05, 3.63) is 54.1 Å². The molecule has 0 radical (unpaired) electrons. The Morgan fingerprint density at radius 3 is 2.90 bits per heavy atom. The van der Waals surface area contributed by atoms with Gasteiger partial charge >= 0.3 is 0 Å². The average molecular weight is 429 g/mol. The van der Waals surface area contributed by atoms with Gasteiger partial charge in [-0.25, -0.2) is 4.98 Å². The van der Waals surface area contributed by atoms with Crippen molar-refractivity contribution >= 4 is 44.4 Å². The molecule has 0 bridgehead atoms. The number of carbonyl (C=O) groups excluding carboxylic acids is 1. The maximum Gasteiger partial charge on any atom is 0.238 e. The Balaban J connectivity index is 1.51. The van der Waals surface area contributed by atoms with Crippen LogP contribution in [0.2, 0.25) is 0 Å². The number of benzene rings is 2. The van der Waals surface area contributed by atoms with Crippen LogP contribution in [-0.4, -0.2) is 43.0 Å². The van der Waals surface area contributed by atoms with Gasteiger partial charge in [-0.3, -0.25) is 9.69 Å². The van der Waals surface area contributed by atoms with E-state index in [1.807, 2.05) is 36.4 Å². The van der Waals surface area contributed by atoms with E-state index in [1.54, 1.807) is 23.8 Å². The third kappa shape index (κ3) is 4.91. The molecule has 2 heterocycles. The molecule has 1 saturated heterocycles. The highest BCUT2D eigenvalue weighted by atomic mass is 32.2. The van der Waals surface area contributed by atoms with Gasteiger partial charge in [0, 0.05) is 12.4 Å². The van der Waals surface area contributed by atoms with E-state index in [0.717, 1.165) is 41.2 Å². The topological polar surface area (TPSA) is 51.7 Å². The maximum atomic E-state index is 13.1. The van der Waals surface area contributed by atoms with E-state index in [1.165, 1.54) is 16.9 Å². The first-order valence-electron chi connectivity index (χ1n) is 9.72. The predicted molar refractivity (Wildman–Crippen MR) is 120 cm³/mol. The molecule has 0 saturated carbocycles. The van der Waals surface area contributed by atoms with Crippen molar-refractivity contribution < 1.29 is 14.3 Å². The Morgan fingerprint density at radius 1 is 1.28 bits per heavy atom. The lowest BCUT2D eigenvalue weighted by Gasteiger charge is -2.23. The number of anilines is 1. The second-order valence-corrected chi connectivity index (χ2v) is 8.92. The van der Waals surface area contributed by atoms with Crippen LogP contribution in [0.25, 0.3) is 10.2 Å². The number of thioether (sulfide) groups is 1. The molecule has 2 aromatic carbocycles. The van der Waals surface area contributed by atoms with Crippen LogP contribution < -0.4 is 9.64 Å². The molecule has 4 rings (SSSR count). The summed E-state index contributed by atoms with van der Waals surface area (Å²) in [6.07, 6.45) is 2.10. The lowest BCUT2D eigenvalue weighted by molar-refractivity contribution is -0.116. The minimum atomic E-state index is 0.0689. The largest absolute Gasteiger partial charge is 0.494 e. The summed E-state index contributed by atoms with van der Waals surface area (Å²) in [5.74, 6) is 2.02. The SMILES string of the molecule is COc1cccc2sc(N(CC3CCCO3)C(=O)CSCc3ccccc3)nc12. The average Bonchev–Trinajstić information content (AvgIpc) is 3.42. The van der Waals surface area contributed by atoms with E-state index in [2.05, 4.69) is 12.1 Å². The summed E-state index contributed by atoms with van der Waals surface area (Å²) in [6, 6.07) is 16.1. The highest BCUT2D eigenvalue weighted by Crippen LogP contribution is 2.35. The van der Waals surface area contributed by atoms with Gasteiger partial charge in [-0.2, -0.15) is 0 Å². The standard InChI is InChI=1S/C22H24N2O3S2/c1-26-18-10-5-11-19-21(18)23-22(29-19)24(13-17-9-6-12-27-17)20(25)15-28-14-16-7-3-2-4-8-16/h2-5,7-8,10-11,17H,6,9,12-15H2,1H3. The van der Waals surface area contributed by atoms with Crippen LogP contribution in [0.4, 0.5) is 5.13 Å². The summed E-state index contributed by atoms with van der Waals surface area (Å²) in [7, 11) is 1.64. The Morgan fingerprint density at radius 2 is 2.14 bits per heavy atom. The van der Waals surface area contributed by atoms with Gasteiger partial charge in [0.05, 0.1) is 30.2 Å². The molecular formula is C22H24N2O3S2. The zero-order valence-electron chi connectivity index (χ0n) is 16.4. The molecule has 1 aliphatic heterocycles. The monoisotopic (exact) mass is 428 g/mol. The lowest BCUT2D eigenvalue weighted by Crippen LogP contribution is -2.38. The molecule has 0 aliphatic carbocycles. The molecule has 0 N–H and O–H groups in total. The van der Waals surface area contributed by atoms with Gasteiger partial charge in [0.15, 0.2) is 5.13 Å². The van der Waals surface area contributed by atoms with Gasteiger partial charge < -0.3 is 9.47 Å². The van der Waals surface area contributed by atoms with E-state index in [9.17, 15) is 4.79 Å². The zero-order valence-corrected chi connectivity index (χ0v) is 18.0. The number of hydrogen-bond acceptors (Lipinski definition) is 6. The highest BCUT2D eigenvalue weighted by Gasteiger charge is 2.26. The molecule has 1 amide bonds. The van der Waals surface area contributed by atoms with Gasteiger partial charge in [0.1, 0.15) is 11.3 Å². The number of fused-ring (bicyclic) bond motifs is 1. The number of rotatable bonds is 8. The normalized spacial score (nSPS) is 16.2. The highest BCUT2D eigenvalue weighted by molar-refractivity contribution is 7.99. The molecule has 7 heteroatoms. The Labute approximate surface area is 179 Å². The van der Waals surface area contributed by atoms with Crippen molar-refractivity contribution in [2.75, 3.05) is 30.9 Å². The van der Waals surface area contributed by atoms with Crippen LogP contribution in [0.1, 0.15) is 18.4 Å². The Hall–Kier alpha value is -2.09. The smallest absolute Gasteiger partial charge is 0.238 e. The molecule has 1 aromatic heterocycles. The van der Waals surface area contributed by atoms with Gasteiger partial charge in [-0.05, 0) is 30.5 Å². The molecule has 1 unspecified atom stereocenters. The quantitative estimate of drug-likeness (QED) is 0.518. The van der Waals surface area contributed by atoms with E-state index in [0.29, 0.717) is 17.4 Å². The summed E-state index contributed by atoms with van der Waals surface area (Å²) in [5, 5.41) is 0.713. The summed E-state index contributed by atoms with van der Waals surface area (Å²) in [4.78, 5) is 19.7. The van der Waals surface area contributed by atoms with Gasteiger partial charge in [-0.15, -0.1) is 11.8 Å². The van der Waals surface area contributed by atoms with Crippen LogP contribution in [0.15, 0.2) is 48.5 Å². The third-order valence-electron chi connectivity index (χ3n) is 4.87. The summed E-state index contributed by atoms with van der Waals surface area (Å²) >= 11 is 3.16. The summed E-state index contributed by atoms with van der Waals surface area (Å²) < 4.78 is 12.3. The van der Waals surface area contributed by atoms with Crippen molar-refractivity contribution in [3.8, 4) is 5.75 Å². The number of para-hydroxylation sites is 1. The fourth-order valence-corrected chi connectivity index (χ4v) is 5.25. The van der Waals surface area contributed by atoms with Crippen molar-refractivity contribution in [1.82, 2.24) is 4.98 Å². The first kappa shape index (κ1) is 20.2. The van der Waals surface area contributed by atoms with Gasteiger partial charge in [0.2, 0.25) is 5.91 Å². The second kappa shape index (κ2) is 9.61. The van der Waals surface area contributed by atoms with Crippen LogP contribution in [-0.2, 0) is 15.3 Å². The number of nitrogens with zero attached hydrogens (tertiary/aromatic N) is 2. The van der Waals surface area contributed by atoms with Crippen molar-refractivity contribution in [2.45, 2.75) is 24.7 Å². The van der Waals surface area contributed by atoms with Crippen molar-refractivity contribution in [2.24, 2.45) is 0 Å². The zero-order chi connectivity index (χ0) is 20.1. The maximum absolute atomic E-state index is 13.1. The molecular weight excluding hydrogens is 404 g/mol.